The van der Waals surface area contributed by atoms with E-state index in [2.05, 4.69) is 49.0 Å². The lowest BCUT2D eigenvalue weighted by Gasteiger charge is -2.15. The van der Waals surface area contributed by atoms with Gasteiger partial charge in [-0.2, -0.15) is 5.10 Å². The van der Waals surface area contributed by atoms with E-state index in [1.165, 1.54) is 0 Å². The number of rotatable bonds is 9. The van der Waals surface area contributed by atoms with Gasteiger partial charge in [0.15, 0.2) is 11.5 Å². The maximum atomic E-state index is 13.3. The van der Waals surface area contributed by atoms with Crippen molar-refractivity contribution in [3.8, 4) is 22.8 Å². The molecule has 1 aromatic heterocycles. The first-order chi connectivity index (χ1) is 19.5. The molecule has 6 nitrogen and oxygen atoms in total. The van der Waals surface area contributed by atoms with Gasteiger partial charge in [0, 0.05) is 15.4 Å². The lowest BCUT2D eigenvalue weighted by atomic mass is 10.0. The van der Waals surface area contributed by atoms with Crippen molar-refractivity contribution >= 4 is 61.5 Å². The summed E-state index contributed by atoms with van der Waals surface area (Å²) < 4.78 is 13.9. The van der Waals surface area contributed by atoms with E-state index in [1.807, 2.05) is 97.9 Å². The summed E-state index contributed by atoms with van der Waals surface area (Å²) in [4.78, 5) is 18.0. The van der Waals surface area contributed by atoms with Crippen LogP contribution in [0.2, 0.25) is 0 Å². The van der Waals surface area contributed by atoms with Crippen LogP contribution in [0.1, 0.15) is 28.4 Å². The summed E-state index contributed by atoms with van der Waals surface area (Å²) >= 11 is 5.68. The van der Waals surface area contributed by atoms with Crippen molar-refractivity contribution in [1.82, 2.24) is 10.4 Å². The fourth-order valence-corrected chi connectivity index (χ4v) is 5.19. The number of benzene rings is 4. The molecular formula is C32H25BrIN3O3. The minimum atomic E-state index is -0.318. The molecule has 5 rings (SSSR count). The third kappa shape index (κ3) is 6.68. The third-order valence-corrected chi connectivity index (χ3v) is 7.37. The minimum Gasteiger partial charge on any atom is -0.490 e. The Labute approximate surface area is 254 Å². The van der Waals surface area contributed by atoms with Gasteiger partial charge in [-0.05, 0) is 77.0 Å². The van der Waals surface area contributed by atoms with Gasteiger partial charge < -0.3 is 9.47 Å². The van der Waals surface area contributed by atoms with Crippen molar-refractivity contribution < 1.29 is 14.3 Å². The summed E-state index contributed by atoms with van der Waals surface area (Å²) in [7, 11) is 0. The van der Waals surface area contributed by atoms with Gasteiger partial charge in [-0.1, -0.05) is 76.6 Å². The Morgan fingerprint density at radius 2 is 1.73 bits per heavy atom. The summed E-state index contributed by atoms with van der Waals surface area (Å²) in [5, 5.41) is 5.01. The number of amides is 1. The summed E-state index contributed by atoms with van der Waals surface area (Å²) in [5.41, 5.74) is 7.41. The Morgan fingerprint density at radius 1 is 0.975 bits per heavy atom. The van der Waals surface area contributed by atoms with Crippen LogP contribution in [-0.4, -0.2) is 23.7 Å². The highest BCUT2D eigenvalue weighted by molar-refractivity contribution is 14.1. The van der Waals surface area contributed by atoms with E-state index in [4.69, 9.17) is 14.5 Å². The fourth-order valence-electron chi connectivity index (χ4n) is 4.15. The number of pyridine rings is 1. The number of ether oxygens (including phenoxy) is 2. The summed E-state index contributed by atoms with van der Waals surface area (Å²) in [6, 6.07) is 31.0. The number of aromatic nitrogens is 1. The molecule has 0 fully saturated rings. The lowest BCUT2D eigenvalue weighted by molar-refractivity contribution is 0.0956. The van der Waals surface area contributed by atoms with Crippen LogP contribution >= 0.6 is 38.5 Å². The summed E-state index contributed by atoms with van der Waals surface area (Å²) in [5.74, 6) is 0.969. The van der Waals surface area contributed by atoms with Crippen LogP contribution in [0, 0.1) is 3.57 Å². The molecular weight excluding hydrogens is 681 g/mol. The van der Waals surface area contributed by atoms with Gasteiger partial charge in [0.05, 0.1) is 33.2 Å². The second kappa shape index (κ2) is 13.1. The van der Waals surface area contributed by atoms with Crippen LogP contribution in [0.5, 0.6) is 11.5 Å². The second-order valence-corrected chi connectivity index (χ2v) is 10.9. The highest BCUT2D eigenvalue weighted by Crippen LogP contribution is 2.34. The first-order valence-electron chi connectivity index (χ1n) is 12.6. The average molecular weight is 706 g/mol. The molecule has 0 atom stereocenters. The number of halogens is 2. The van der Waals surface area contributed by atoms with E-state index in [1.54, 1.807) is 12.3 Å². The maximum absolute atomic E-state index is 13.3. The molecule has 0 aliphatic carbocycles. The number of hydrazone groups is 1. The van der Waals surface area contributed by atoms with Gasteiger partial charge in [0.2, 0.25) is 0 Å². The van der Waals surface area contributed by atoms with E-state index in [0.717, 1.165) is 41.3 Å². The smallest absolute Gasteiger partial charge is 0.272 e. The number of hydrogen-bond donors (Lipinski definition) is 1. The predicted octanol–water partition coefficient (Wildman–Crippen LogP) is 8.01. The molecule has 0 bridgehead atoms. The Balaban J connectivity index is 1.36. The SMILES string of the molecule is CCOc1cc(/C=N/NC(=O)c2cc(-c3ccccc3)nc3ccccc23)cc(I)c1OCc1ccc(Br)cc1. The van der Waals surface area contributed by atoms with Gasteiger partial charge in [-0.15, -0.1) is 0 Å². The van der Waals surface area contributed by atoms with Crippen LogP contribution in [0.25, 0.3) is 22.2 Å². The van der Waals surface area contributed by atoms with Crippen LogP contribution < -0.4 is 14.9 Å². The largest absolute Gasteiger partial charge is 0.490 e. The molecule has 1 amide bonds. The Bertz CT molecular complexity index is 1680. The Morgan fingerprint density at radius 3 is 2.50 bits per heavy atom. The number of carbonyl (C=O) groups is 1. The summed E-state index contributed by atoms with van der Waals surface area (Å²) in [6.45, 7) is 2.83. The van der Waals surface area contributed by atoms with Crippen molar-refractivity contribution in [1.29, 1.82) is 0 Å². The molecule has 0 aliphatic rings. The van der Waals surface area contributed by atoms with Gasteiger partial charge in [0.1, 0.15) is 6.61 Å². The van der Waals surface area contributed by atoms with Gasteiger partial charge in [0.25, 0.3) is 5.91 Å². The van der Waals surface area contributed by atoms with Crippen molar-refractivity contribution in [2.24, 2.45) is 5.10 Å². The monoisotopic (exact) mass is 705 g/mol. The first-order valence-corrected chi connectivity index (χ1v) is 14.5. The number of nitrogens with zero attached hydrogens (tertiary/aromatic N) is 2. The van der Waals surface area contributed by atoms with Crippen LogP contribution in [0.4, 0.5) is 0 Å². The molecule has 0 saturated carbocycles. The number of para-hydroxylation sites is 1. The first kappa shape index (κ1) is 27.8. The lowest BCUT2D eigenvalue weighted by Crippen LogP contribution is -2.18. The standard InChI is InChI=1S/C32H25BrIN3O3/c1-2-39-30-17-22(16-27(34)31(30)40-20-21-12-14-24(33)15-13-21)19-35-37-32(38)26-18-29(23-8-4-3-5-9-23)36-28-11-7-6-10-25(26)28/h3-19H,2,20H2,1H3,(H,37,38)/b35-19+. The number of hydrogen-bond acceptors (Lipinski definition) is 5. The van der Waals surface area contributed by atoms with Gasteiger partial charge in [-0.25, -0.2) is 10.4 Å². The van der Waals surface area contributed by atoms with E-state index in [9.17, 15) is 4.79 Å². The highest BCUT2D eigenvalue weighted by Gasteiger charge is 2.15. The molecule has 5 aromatic rings. The van der Waals surface area contributed by atoms with Gasteiger partial charge in [-0.3, -0.25) is 4.79 Å². The molecule has 1 heterocycles. The van der Waals surface area contributed by atoms with Crippen molar-refractivity contribution in [3.63, 3.8) is 0 Å². The maximum Gasteiger partial charge on any atom is 0.272 e. The van der Waals surface area contributed by atoms with Crippen LogP contribution in [0.15, 0.2) is 107 Å². The molecule has 8 heteroatoms. The fraction of sp³-hybridized carbons (Fsp3) is 0.0938. The van der Waals surface area contributed by atoms with E-state index >= 15 is 0 Å². The third-order valence-electron chi connectivity index (χ3n) is 6.04. The topological polar surface area (TPSA) is 72.8 Å². The van der Waals surface area contributed by atoms with Crippen molar-refractivity contribution in [2.75, 3.05) is 6.61 Å². The van der Waals surface area contributed by atoms with E-state index < -0.39 is 0 Å². The number of nitrogens with one attached hydrogen (secondary N) is 1. The summed E-state index contributed by atoms with van der Waals surface area (Å²) in [6.07, 6.45) is 1.60. The van der Waals surface area contributed by atoms with E-state index in [-0.39, 0.29) is 5.91 Å². The minimum absolute atomic E-state index is 0.318. The number of carbonyl (C=O) groups excluding carboxylic acids is 1. The zero-order valence-electron chi connectivity index (χ0n) is 21.6. The van der Waals surface area contributed by atoms with Gasteiger partial charge >= 0.3 is 0 Å². The average Bonchev–Trinajstić information content (AvgIpc) is 2.97. The molecule has 0 spiro atoms. The van der Waals surface area contributed by atoms with Crippen molar-refractivity contribution in [3.05, 3.63) is 122 Å². The molecule has 40 heavy (non-hydrogen) atoms. The number of fused-ring (bicyclic) bond motifs is 1. The normalized spacial score (nSPS) is 11.1. The molecule has 0 aliphatic heterocycles. The Hall–Kier alpha value is -3.76. The highest BCUT2D eigenvalue weighted by atomic mass is 127. The molecule has 1 N–H and O–H groups in total. The Kier molecular flexibility index (Phi) is 9.08. The predicted molar refractivity (Wildman–Crippen MR) is 171 cm³/mol. The van der Waals surface area contributed by atoms with Crippen molar-refractivity contribution in [2.45, 2.75) is 13.5 Å². The quantitative estimate of drug-likeness (QED) is 0.0959. The molecule has 200 valence electrons. The zero-order valence-corrected chi connectivity index (χ0v) is 25.3. The second-order valence-electron chi connectivity index (χ2n) is 8.82. The van der Waals surface area contributed by atoms with Crippen LogP contribution in [-0.2, 0) is 6.61 Å². The zero-order chi connectivity index (χ0) is 27.9. The van der Waals surface area contributed by atoms with E-state index in [0.29, 0.717) is 30.3 Å². The van der Waals surface area contributed by atoms with Crippen LogP contribution in [0.3, 0.4) is 0 Å². The molecule has 0 radical (unpaired) electrons. The molecule has 0 saturated heterocycles. The molecule has 4 aromatic carbocycles. The molecule has 0 unspecified atom stereocenters.